The molecule has 0 aliphatic carbocycles. The minimum Gasteiger partial charge on any atom is -0.359 e. The van der Waals surface area contributed by atoms with Crippen LogP contribution in [0.1, 0.15) is 44.1 Å². The van der Waals surface area contributed by atoms with E-state index >= 15 is 0 Å². The molecule has 2 saturated heterocycles. The summed E-state index contributed by atoms with van der Waals surface area (Å²) in [4.78, 5) is 28.8. The Morgan fingerprint density at radius 1 is 1.33 bits per heavy atom. The minimum absolute atomic E-state index is 0.0511. The highest BCUT2D eigenvalue weighted by Crippen LogP contribution is 2.28. The normalized spacial score (nSPS) is 26.2. The molecule has 6 nitrogen and oxygen atoms in total. The number of fused-ring (bicyclic) bond motifs is 1. The van der Waals surface area contributed by atoms with Crippen molar-refractivity contribution in [3.8, 4) is 0 Å². The molecule has 6 heteroatoms. The summed E-state index contributed by atoms with van der Waals surface area (Å²) >= 11 is 0. The molecule has 21 heavy (non-hydrogen) atoms. The third-order valence-corrected chi connectivity index (χ3v) is 4.40. The summed E-state index contributed by atoms with van der Waals surface area (Å²) in [5, 5.41) is 3.85. The van der Waals surface area contributed by atoms with Gasteiger partial charge >= 0.3 is 0 Å². The standard InChI is InChI=1S/C15H21N3O3/c1-3-12-14(19)17-7-5-4-6-13(17)15(20)18(12)9-11-8-10(2)16-21-11/h8,12-13H,3-7,9H2,1-2H3. The minimum atomic E-state index is -0.378. The maximum atomic E-state index is 12.8. The molecule has 2 aliphatic heterocycles. The van der Waals surface area contributed by atoms with E-state index in [1.54, 1.807) is 9.80 Å². The van der Waals surface area contributed by atoms with Gasteiger partial charge < -0.3 is 14.3 Å². The topological polar surface area (TPSA) is 66.7 Å². The maximum Gasteiger partial charge on any atom is 0.246 e. The number of rotatable bonds is 3. The highest BCUT2D eigenvalue weighted by molar-refractivity contribution is 5.97. The van der Waals surface area contributed by atoms with Crippen LogP contribution in [0.3, 0.4) is 0 Å². The predicted octanol–water partition coefficient (Wildman–Crippen LogP) is 1.48. The molecule has 3 heterocycles. The molecule has 0 spiro atoms. The summed E-state index contributed by atoms with van der Waals surface area (Å²) in [5.74, 6) is 0.768. The van der Waals surface area contributed by atoms with Crippen LogP contribution in [0.4, 0.5) is 0 Å². The van der Waals surface area contributed by atoms with E-state index in [1.165, 1.54) is 0 Å². The van der Waals surface area contributed by atoms with Crippen molar-refractivity contribution < 1.29 is 14.1 Å². The lowest BCUT2D eigenvalue weighted by molar-refractivity contribution is -0.164. The van der Waals surface area contributed by atoms with Crippen LogP contribution in [-0.4, -0.2) is 45.4 Å². The third-order valence-electron chi connectivity index (χ3n) is 4.40. The van der Waals surface area contributed by atoms with Crippen LogP contribution in [0.15, 0.2) is 10.6 Å². The Kier molecular flexibility index (Phi) is 3.69. The van der Waals surface area contributed by atoms with Crippen LogP contribution < -0.4 is 0 Å². The molecule has 0 radical (unpaired) electrons. The maximum absolute atomic E-state index is 12.8. The SMILES string of the molecule is CCC1C(=O)N2CCCCC2C(=O)N1Cc1cc(C)no1. The molecule has 114 valence electrons. The molecule has 1 aromatic heterocycles. The summed E-state index contributed by atoms with van der Waals surface area (Å²) in [7, 11) is 0. The Labute approximate surface area is 124 Å². The van der Waals surface area contributed by atoms with Crippen molar-refractivity contribution in [1.29, 1.82) is 0 Å². The van der Waals surface area contributed by atoms with E-state index in [4.69, 9.17) is 4.52 Å². The lowest BCUT2D eigenvalue weighted by Gasteiger charge is -2.46. The Bertz CT molecular complexity index is 554. The van der Waals surface area contributed by atoms with Crippen LogP contribution >= 0.6 is 0 Å². The van der Waals surface area contributed by atoms with Crippen LogP contribution in [0.5, 0.6) is 0 Å². The molecule has 0 aromatic carbocycles. The first-order valence-corrected chi connectivity index (χ1v) is 7.65. The van der Waals surface area contributed by atoms with E-state index in [-0.39, 0.29) is 23.9 Å². The van der Waals surface area contributed by atoms with E-state index in [1.807, 2.05) is 19.9 Å². The second-order valence-corrected chi connectivity index (χ2v) is 5.87. The molecular formula is C15H21N3O3. The van der Waals surface area contributed by atoms with Gasteiger partial charge in [-0.1, -0.05) is 12.1 Å². The van der Waals surface area contributed by atoms with Crippen LogP contribution in [-0.2, 0) is 16.1 Å². The number of nitrogens with zero attached hydrogens (tertiary/aromatic N) is 3. The van der Waals surface area contributed by atoms with Gasteiger partial charge in [0.15, 0.2) is 5.76 Å². The Hall–Kier alpha value is -1.85. The molecule has 2 atom stereocenters. The number of hydrogen-bond acceptors (Lipinski definition) is 4. The smallest absolute Gasteiger partial charge is 0.246 e. The van der Waals surface area contributed by atoms with Crippen LogP contribution in [0, 0.1) is 6.92 Å². The lowest BCUT2D eigenvalue weighted by Crippen LogP contribution is -2.65. The van der Waals surface area contributed by atoms with Gasteiger partial charge in [0.05, 0.1) is 12.2 Å². The average Bonchev–Trinajstić information content (AvgIpc) is 2.90. The van der Waals surface area contributed by atoms with E-state index in [0.29, 0.717) is 25.3 Å². The van der Waals surface area contributed by atoms with Crippen molar-refractivity contribution in [2.24, 2.45) is 0 Å². The number of carbonyl (C=O) groups is 2. The molecule has 0 saturated carbocycles. The van der Waals surface area contributed by atoms with Crippen molar-refractivity contribution >= 4 is 11.8 Å². The van der Waals surface area contributed by atoms with Crippen molar-refractivity contribution in [1.82, 2.24) is 15.0 Å². The zero-order valence-electron chi connectivity index (χ0n) is 12.5. The van der Waals surface area contributed by atoms with Gasteiger partial charge in [-0.05, 0) is 32.6 Å². The number of aryl methyl sites for hydroxylation is 1. The van der Waals surface area contributed by atoms with Gasteiger partial charge in [-0.2, -0.15) is 0 Å². The Balaban J connectivity index is 1.86. The molecule has 2 amide bonds. The van der Waals surface area contributed by atoms with Crippen molar-refractivity contribution in [3.05, 3.63) is 17.5 Å². The van der Waals surface area contributed by atoms with Crippen LogP contribution in [0.25, 0.3) is 0 Å². The number of carbonyl (C=O) groups excluding carboxylic acids is 2. The summed E-state index contributed by atoms with van der Waals surface area (Å²) in [6, 6.07) is 1.16. The van der Waals surface area contributed by atoms with E-state index in [0.717, 1.165) is 25.0 Å². The first kappa shape index (κ1) is 14.1. The fourth-order valence-electron chi connectivity index (χ4n) is 3.36. The Morgan fingerprint density at radius 2 is 2.14 bits per heavy atom. The number of aromatic nitrogens is 1. The van der Waals surface area contributed by atoms with Gasteiger partial charge in [0, 0.05) is 12.6 Å². The summed E-state index contributed by atoms with van der Waals surface area (Å²) < 4.78 is 5.21. The molecule has 2 unspecified atom stereocenters. The van der Waals surface area contributed by atoms with Gasteiger partial charge in [-0.3, -0.25) is 9.59 Å². The molecule has 2 aliphatic rings. The first-order chi connectivity index (χ1) is 10.1. The van der Waals surface area contributed by atoms with Crippen molar-refractivity contribution in [2.75, 3.05) is 6.54 Å². The molecule has 3 rings (SSSR count). The van der Waals surface area contributed by atoms with E-state index in [9.17, 15) is 9.59 Å². The second-order valence-electron chi connectivity index (χ2n) is 5.87. The fraction of sp³-hybridized carbons (Fsp3) is 0.667. The van der Waals surface area contributed by atoms with Gasteiger partial charge in [0.25, 0.3) is 0 Å². The summed E-state index contributed by atoms with van der Waals surface area (Å²) in [6.45, 7) is 4.82. The number of piperidine rings is 1. The largest absolute Gasteiger partial charge is 0.359 e. The fourth-order valence-corrected chi connectivity index (χ4v) is 3.36. The number of piperazine rings is 1. The van der Waals surface area contributed by atoms with Gasteiger partial charge in [-0.15, -0.1) is 0 Å². The first-order valence-electron chi connectivity index (χ1n) is 7.65. The molecular weight excluding hydrogens is 270 g/mol. The zero-order valence-corrected chi connectivity index (χ0v) is 12.5. The van der Waals surface area contributed by atoms with Crippen molar-refractivity contribution in [2.45, 2.75) is 58.2 Å². The predicted molar refractivity (Wildman–Crippen MR) is 75.2 cm³/mol. The highest BCUT2D eigenvalue weighted by Gasteiger charge is 2.45. The molecule has 0 N–H and O–H groups in total. The summed E-state index contributed by atoms with van der Waals surface area (Å²) in [5.41, 5.74) is 0.785. The number of amides is 2. The van der Waals surface area contributed by atoms with E-state index in [2.05, 4.69) is 5.16 Å². The second kappa shape index (κ2) is 5.50. The summed E-state index contributed by atoms with van der Waals surface area (Å²) in [6.07, 6.45) is 3.40. The molecule has 1 aromatic rings. The van der Waals surface area contributed by atoms with Gasteiger partial charge in [0.2, 0.25) is 11.8 Å². The highest BCUT2D eigenvalue weighted by atomic mass is 16.5. The Morgan fingerprint density at radius 3 is 2.81 bits per heavy atom. The monoisotopic (exact) mass is 291 g/mol. The van der Waals surface area contributed by atoms with Crippen molar-refractivity contribution in [3.63, 3.8) is 0 Å². The van der Waals surface area contributed by atoms with Gasteiger partial charge in [-0.25, -0.2) is 0 Å². The van der Waals surface area contributed by atoms with Crippen LogP contribution in [0.2, 0.25) is 0 Å². The number of hydrogen-bond donors (Lipinski definition) is 0. The average molecular weight is 291 g/mol. The van der Waals surface area contributed by atoms with Gasteiger partial charge in [0.1, 0.15) is 12.1 Å². The molecule has 2 fully saturated rings. The lowest BCUT2D eigenvalue weighted by atomic mass is 9.94. The van der Waals surface area contributed by atoms with E-state index < -0.39 is 0 Å². The molecule has 0 bridgehead atoms. The zero-order chi connectivity index (χ0) is 15.0. The third kappa shape index (κ3) is 2.43. The quantitative estimate of drug-likeness (QED) is 0.846.